The smallest absolute Gasteiger partial charge is 0.142 e. The van der Waals surface area contributed by atoms with E-state index < -0.39 is 0 Å². The van der Waals surface area contributed by atoms with Crippen molar-refractivity contribution in [3.63, 3.8) is 0 Å². The standard InChI is InChI=1S/C15H21ClFN/c1-15(2)8-6-12(7-9-15)18-10-11-4-3-5-13(17)14(11)16/h3-5,12,18H,6-10H2,1-2H3. The third-order valence-corrected chi connectivity index (χ3v) is 4.38. The van der Waals surface area contributed by atoms with E-state index in [-0.39, 0.29) is 10.8 Å². The van der Waals surface area contributed by atoms with Crippen molar-refractivity contribution in [2.75, 3.05) is 0 Å². The van der Waals surface area contributed by atoms with Crippen molar-refractivity contribution < 1.29 is 4.39 Å². The van der Waals surface area contributed by atoms with Gasteiger partial charge in [-0.2, -0.15) is 0 Å². The predicted octanol–water partition coefficient (Wildman–Crippen LogP) is 4.54. The van der Waals surface area contributed by atoms with Gasteiger partial charge >= 0.3 is 0 Å². The van der Waals surface area contributed by atoms with Crippen LogP contribution in [0.4, 0.5) is 4.39 Å². The fraction of sp³-hybridized carbons (Fsp3) is 0.600. The zero-order chi connectivity index (χ0) is 13.2. The van der Waals surface area contributed by atoms with E-state index in [0.29, 0.717) is 18.0 Å². The van der Waals surface area contributed by atoms with Gasteiger partial charge in [0.15, 0.2) is 0 Å². The quantitative estimate of drug-likeness (QED) is 0.850. The second kappa shape index (κ2) is 5.58. The average Bonchev–Trinajstić information content (AvgIpc) is 2.33. The highest BCUT2D eigenvalue weighted by atomic mass is 35.5. The summed E-state index contributed by atoms with van der Waals surface area (Å²) in [5.74, 6) is -0.333. The summed E-state index contributed by atoms with van der Waals surface area (Å²) >= 11 is 5.94. The first kappa shape index (κ1) is 13.8. The van der Waals surface area contributed by atoms with E-state index in [0.717, 1.165) is 5.56 Å². The molecule has 0 heterocycles. The first-order valence-corrected chi connectivity index (χ1v) is 7.02. The molecule has 0 unspecified atom stereocenters. The molecule has 0 aromatic heterocycles. The number of hydrogen-bond donors (Lipinski definition) is 1. The molecule has 1 saturated carbocycles. The van der Waals surface area contributed by atoms with Crippen LogP contribution in [-0.2, 0) is 6.54 Å². The van der Waals surface area contributed by atoms with Crippen LogP contribution in [0.5, 0.6) is 0 Å². The molecule has 0 bridgehead atoms. The second-order valence-corrected chi connectivity index (χ2v) is 6.41. The van der Waals surface area contributed by atoms with Gasteiger partial charge in [-0.15, -0.1) is 0 Å². The Morgan fingerprint density at radius 2 is 2.00 bits per heavy atom. The van der Waals surface area contributed by atoms with Gasteiger partial charge < -0.3 is 5.32 Å². The van der Waals surface area contributed by atoms with Crippen molar-refractivity contribution in [2.45, 2.75) is 52.1 Å². The molecule has 1 nitrogen and oxygen atoms in total. The number of halogens is 2. The van der Waals surface area contributed by atoms with Crippen molar-refractivity contribution in [1.82, 2.24) is 5.32 Å². The van der Waals surface area contributed by atoms with Gasteiger partial charge in [0.2, 0.25) is 0 Å². The number of hydrogen-bond acceptors (Lipinski definition) is 1. The Morgan fingerprint density at radius 3 is 2.67 bits per heavy atom. The van der Waals surface area contributed by atoms with E-state index in [1.165, 1.54) is 31.7 Å². The third kappa shape index (κ3) is 3.46. The number of benzene rings is 1. The molecule has 0 amide bonds. The van der Waals surface area contributed by atoms with Gasteiger partial charge in [0.1, 0.15) is 5.82 Å². The minimum absolute atomic E-state index is 0.251. The largest absolute Gasteiger partial charge is 0.310 e. The summed E-state index contributed by atoms with van der Waals surface area (Å²) in [7, 11) is 0. The second-order valence-electron chi connectivity index (χ2n) is 6.03. The van der Waals surface area contributed by atoms with Gasteiger partial charge in [0.25, 0.3) is 0 Å². The highest BCUT2D eigenvalue weighted by Crippen LogP contribution is 2.35. The monoisotopic (exact) mass is 269 g/mol. The normalized spacial score (nSPS) is 20.0. The maximum absolute atomic E-state index is 13.3. The van der Waals surface area contributed by atoms with E-state index in [1.54, 1.807) is 6.07 Å². The van der Waals surface area contributed by atoms with Crippen molar-refractivity contribution >= 4 is 11.6 Å². The van der Waals surface area contributed by atoms with Crippen molar-refractivity contribution in [2.24, 2.45) is 5.41 Å². The third-order valence-electron chi connectivity index (χ3n) is 3.95. The van der Waals surface area contributed by atoms with E-state index >= 15 is 0 Å². The minimum atomic E-state index is -0.333. The Hall–Kier alpha value is -0.600. The van der Waals surface area contributed by atoms with Gasteiger partial charge in [-0.1, -0.05) is 37.6 Å². The Bertz CT molecular complexity index is 407. The van der Waals surface area contributed by atoms with Crippen LogP contribution in [0.25, 0.3) is 0 Å². The lowest BCUT2D eigenvalue weighted by atomic mass is 9.75. The van der Waals surface area contributed by atoms with Crippen LogP contribution in [-0.4, -0.2) is 6.04 Å². The molecule has 0 spiro atoms. The van der Waals surface area contributed by atoms with Crippen LogP contribution >= 0.6 is 11.6 Å². The lowest BCUT2D eigenvalue weighted by molar-refractivity contribution is 0.206. The molecular formula is C15H21ClFN. The first-order valence-electron chi connectivity index (χ1n) is 6.64. The number of nitrogens with one attached hydrogen (secondary N) is 1. The van der Waals surface area contributed by atoms with Crippen LogP contribution in [0, 0.1) is 11.2 Å². The van der Waals surface area contributed by atoms with Crippen LogP contribution in [0.1, 0.15) is 45.1 Å². The highest BCUT2D eigenvalue weighted by Gasteiger charge is 2.26. The summed E-state index contributed by atoms with van der Waals surface area (Å²) in [6, 6.07) is 5.53. The van der Waals surface area contributed by atoms with E-state index in [9.17, 15) is 4.39 Å². The fourth-order valence-corrected chi connectivity index (χ4v) is 2.74. The summed E-state index contributed by atoms with van der Waals surface area (Å²) in [5.41, 5.74) is 1.33. The highest BCUT2D eigenvalue weighted by molar-refractivity contribution is 6.31. The Balaban J connectivity index is 1.87. The Labute approximate surface area is 114 Å². The molecule has 18 heavy (non-hydrogen) atoms. The van der Waals surface area contributed by atoms with Crippen molar-refractivity contribution in [3.8, 4) is 0 Å². The maximum atomic E-state index is 13.3. The molecule has 0 atom stereocenters. The first-order chi connectivity index (χ1) is 8.48. The Morgan fingerprint density at radius 1 is 1.33 bits per heavy atom. The molecule has 2 rings (SSSR count). The topological polar surface area (TPSA) is 12.0 Å². The average molecular weight is 270 g/mol. The summed E-state index contributed by atoms with van der Waals surface area (Å²) < 4.78 is 13.3. The lowest BCUT2D eigenvalue weighted by Crippen LogP contribution is -2.35. The lowest BCUT2D eigenvalue weighted by Gasteiger charge is -2.34. The van der Waals surface area contributed by atoms with Gasteiger partial charge in [0, 0.05) is 12.6 Å². The molecule has 1 aromatic rings. The van der Waals surface area contributed by atoms with Gasteiger partial charge in [0.05, 0.1) is 5.02 Å². The molecule has 100 valence electrons. The summed E-state index contributed by atoms with van der Waals surface area (Å²) in [4.78, 5) is 0. The van der Waals surface area contributed by atoms with E-state index in [2.05, 4.69) is 19.2 Å². The molecule has 1 aromatic carbocycles. The van der Waals surface area contributed by atoms with Gasteiger partial charge in [-0.25, -0.2) is 4.39 Å². The fourth-order valence-electron chi connectivity index (χ4n) is 2.54. The summed E-state index contributed by atoms with van der Waals surface area (Å²) in [5, 5.41) is 3.74. The molecule has 1 N–H and O–H groups in total. The molecule has 0 aliphatic heterocycles. The van der Waals surface area contributed by atoms with Crippen LogP contribution in [0.3, 0.4) is 0 Å². The molecule has 1 aliphatic rings. The maximum Gasteiger partial charge on any atom is 0.142 e. The van der Waals surface area contributed by atoms with Gasteiger partial charge in [-0.3, -0.25) is 0 Å². The molecule has 0 saturated heterocycles. The van der Waals surface area contributed by atoms with E-state index in [1.807, 2.05) is 6.07 Å². The van der Waals surface area contributed by atoms with Gasteiger partial charge in [-0.05, 0) is 42.7 Å². The summed E-state index contributed by atoms with van der Waals surface area (Å²) in [6.07, 6.45) is 4.89. The SMILES string of the molecule is CC1(C)CCC(NCc2cccc(F)c2Cl)CC1. The Kier molecular flexibility index (Phi) is 4.29. The molecule has 1 fully saturated rings. The van der Waals surface area contributed by atoms with E-state index in [4.69, 9.17) is 11.6 Å². The van der Waals surface area contributed by atoms with Crippen LogP contribution < -0.4 is 5.32 Å². The predicted molar refractivity (Wildman–Crippen MR) is 74.3 cm³/mol. The zero-order valence-electron chi connectivity index (χ0n) is 11.1. The molecule has 1 aliphatic carbocycles. The van der Waals surface area contributed by atoms with Crippen molar-refractivity contribution in [3.05, 3.63) is 34.6 Å². The minimum Gasteiger partial charge on any atom is -0.310 e. The zero-order valence-corrected chi connectivity index (χ0v) is 11.9. The van der Waals surface area contributed by atoms with Crippen LogP contribution in [0.2, 0.25) is 5.02 Å². The molecule has 0 radical (unpaired) electrons. The van der Waals surface area contributed by atoms with Crippen LogP contribution in [0.15, 0.2) is 18.2 Å². The number of rotatable bonds is 3. The van der Waals surface area contributed by atoms with Crippen molar-refractivity contribution in [1.29, 1.82) is 0 Å². The molecular weight excluding hydrogens is 249 g/mol. The molecule has 3 heteroatoms. The summed E-state index contributed by atoms with van der Waals surface area (Å²) in [6.45, 7) is 5.31.